The average Bonchev–Trinajstić information content (AvgIpc) is 2.87. The molecule has 2 atom stereocenters. The summed E-state index contributed by atoms with van der Waals surface area (Å²) in [4.78, 5) is 61.5. The normalized spacial score (nSPS) is 11.9. The lowest BCUT2D eigenvalue weighted by atomic mass is 10.1. The first kappa shape index (κ1) is 25.6. The summed E-state index contributed by atoms with van der Waals surface area (Å²) in [5, 5.41) is 14.8. The quantitative estimate of drug-likeness (QED) is 0.388. The van der Waals surface area contributed by atoms with E-state index in [-0.39, 0.29) is 22.7 Å². The Balaban J connectivity index is 1.86. The molecule has 0 aliphatic rings. The molecule has 3 aromatic carbocycles. The minimum Gasteiger partial charge on any atom is -0.478 e. The molecule has 36 heavy (non-hydrogen) atoms. The fourth-order valence-electron chi connectivity index (χ4n) is 3.06. The molecule has 3 aromatic rings. The van der Waals surface area contributed by atoms with Gasteiger partial charge in [-0.15, -0.1) is 0 Å². The standard InChI is InChI=1S/C26H22N2O8/c1-16(29)27-19-12-14-20(15-13-19)28-23(30)21(35-25(33)17-8-4-2-5-9-17)22(24(31)32)36-26(34)18-10-6-3-7-11-18/h2-15,21-22H,1H3,(H,27,29)(H,28,30)(H,31,32)/t21-,22-/m0/s1. The Hall–Kier alpha value is -4.99. The molecule has 0 bridgehead atoms. The number of nitrogens with one attached hydrogen (secondary N) is 2. The van der Waals surface area contributed by atoms with Crippen molar-refractivity contribution in [3.63, 3.8) is 0 Å². The van der Waals surface area contributed by atoms with Crippen molar-refractivity contribution < 1.29 is 38.6 Å². The van der Waals surface area contributed by atoms with Gasteiger partial charge in [-0.3, -0.25) is 9.59 Å². The molecule has 184 valence electrons. The second-order valence-electron chi connectivity index (χ2n) is 7.47. The molecular weight excluding hydrogens is 468 g/mol. The molecule has 0 aliphatic heterocycles. The van der Waals surface area contributed by atoms with Gasteiger partial charge < -0.3 is 25.2 Å². The molecule has 0 saturated carbocycles. The number of hydrogen-bond acceptors (Lipinski definition) is 7. The van der Waals surface area contributed by atoms with Crippen LogP contribution in [0.3, 0.4) is 0 Å². The van der Waals surface area contributed by atoms with Crippen molar-refractivity contribution in [1.29, 1.82) is 0 Å². The number of carbonyl (C=O) groups excluding carboxylic acids is 4. The SMILES string of the molecule is CC(=O)Nc1ccc(NC(=O)[C@@H](OC(=O)c2ccccc2)[C@H](OC(=O)c2ccccc2)C(=O)O)cc1. The number of carbonyl (C=O) groups is 5. The molecule has 0 aromatic heterocycles. The number of esters is 2. The number of carboxylic acid groups (broad SMARTS) is 1. The summed E-state index contributed by atoms with van der Waals surface area (Å²) >= 11 is 0. The highest BCUT2D eigenvalue weighted by atomic mass is 16.6. The van der Waals surface area contributed by atoms with Gasteiger partial charge in [-0.05, 0) is 48.5 Å². The Bertz CT molecular complexity index is 1240. The first-order chi connectivity index (χ1) is 17.2. The van der Waals surface area contributed by atoms with Crippen LogP contribution in [0.1, 0.15) is 27.6 Å². The molecule has 3 rings (SSSR count). The molecule has 0 heterocycles. The summed E-state index contributed by atoms with van der Waals surface area (Å²) in [6.45, 7) is 1.34. The van der Waals surface area contributed by atoms with Gasteiger partial charge in [0, 0.05) is 18.3 Å². The fraction of sp³-hybridized carbons (Fsp3) is 0.115. The van der Waals surface area contributed by atoms with Gasteiger partial charge in [-0.2, -0.15) is 0 Å². The van der Waals surface area contributed by atoms with Crippen LogP contribution in [0.25, 0.3) is 0 Å². The fourth-order valence-corrected chi connectivity index (χ4v) is 3.06. The predicted molar refractivity (Wildman–Crippen MR) is 128 cm³/mol. The molecule has 0 spiro atoms. The topological polar surface area (TPSA) is 148 Å². The second-order valence-corrected chi connectivity index (χ2v) is 7.47. The number of amides is 2. The lowest BCUT2D eigenvalue weighted by Gasteiger charge is -2.23. The van der Waals surface area contributed by atoms with E-state index in [1.165, 1.54) is 55.5 Å². The zero-order valence-electron chi connectivity index (χ0n) is 19.0. The number of hydrogen-bond donors (Lipinski definition) is 3. The van der Waals surface area contributed by atoms with Crippen LogP contribution in [0.5, 0.6) is 0 Å². The van der Waals surface area contributed by atoms with Gasteiger partial charge in [0.25, 0.3) is 5.91 Å². The minimum absolute atomic E-state index is 0.0471. The van der Waals surface area contributed by atoms with Gasteiger partial charge in [0.2, 0.25) is 18.1 Å². The molecule has 0 fully saturated rings. The van der Waals surface area contributed by atoms with Crippen LogP contribution in [-0.2, 0) is 23.9 Å². The molecule has 3 N–H and O–H groups in total. The maximum atomic E-state index is 13.1. The van der Waals surface area contributed by atoms with Gasteiger partial charge in [0.15, 0.2) is 0 Å². The first-order valence-corrected chi connectivity index (χ1v) is 10.7. The van der Waals surface area contributed by atoms with Gasteiger partial charge in [-0.25, -0.2) is 14.4 Å². The number of anilines is 2. The van der Waals surface area contributed by atoms with E-state index >= 15 is 0 Å². The van der Waals surface area contributed by atoms with Crippen LogP contribution in [0.4, 0.5) is 11.4 Å². The molecule has 10 heteroatoms. The molecule has 2 amide bonds. The zero-order valence-corrected chi connectivity index (χ0v) is 19.0. The molecule has 0 saturated heterocycles. The zero-order chi connectivity index (χ0) is 26.1. The summed E-state index contributed by atoms with van der Waals surface area (Å²) < 4.78 is 10.3. The number of aliphatic carboxylic acids is 1. The maximum Gasteiger partial charge on any atom is 0.349 e. The monoisotopic (exact) mass is 490 g/mol. The van der Waals surface area contributed by atoms with E-state index in [4.69, 9.17) is 9.47 Å². The Morgan fingerprint density at radius 3 is 1.47 bits per heavy atom. The summed E-state index contributed by atoms with van der Waals surface area (Å²) in [5.74, 6) is -5.03. The smallest absolute Gasteiger partial charge is 0.349 e. The van der Waals surface area contributed by atoms with Crippen LogP contribution < -0.4 is 10.6 Å². The highest BCUT2D eigenvalue weighted by molar-refractivity contribution is 6.01. The highest BCUT2D eigenvalue weighted by Gasteiger charge is 2.41. The Labute approximate surface area is 205 Å². The van der Waals surface area contributed by atoms with E-state index in [0.29, 0.717) is 5.69 Å². The Morgan fingerprint density at radius 1 is 0.639 bits per heavy atom. The van der Waals surface area contributed by atoms with E-state index in [0.717, 1.165) is 0 Å². The summed E-state index contributed by atoms with van der Waals surface area (Å²) in [6.07, 6.45) is -4.18. The number of rotatable bonds is 9. The maximum absolute atomic E-state index is 13.1. The first-order valence-electron chi connectivity index (χ1n) is 10.7. The molecule has 0 aliphatic carbocycles. The minimum atomic E-state index is -2.15. The second kappa shape index (κ2) is 11.9. The summed E-state index contributed by atoms with van der Waals surface area (Å²) in [5.41, 5.74) is 0.792. The molecule has 10 nitrogen and oxygen atoms in total. The lowest BCUT2D eigenvalue weighted by Crippen LogP contribution is -2.48. The Kier molecular flexibility index (Phi) is 8.49. The molecular formula is C26H22N2O8. The third-order valence-corrected chi connectivity index (χ3v) is 4.74. The van der Waals surface area contributed by atoms with Gasteiger partial charge in [-0.1, -0.05) is 36.4 Å². The van der Waals surface area contributed by atoms with Crippen molar-refractivity contribution in [3.8, 4) is 0 Å². The van der Waals surface area contributed by atoms with Crippen LogP contribution in [-0.4, -0.2) is 47.0 Å². The van der Waals surface area contributed by atoms with E-state index in [2.05, 4.69) is 10.6 Å². The number of benzene rings is 3. The number of carboxylic acids is 1. The van der Waals surface area contributed by atoms with Crippen molar-refractivity contribution in [2.45, 2.75) is 19.1 Å². The van der Waals surface area contributed by atoms with E-state index < -0.39 is 36.0 Å². The Morgan fingerprint density at radius 2 is 1.06 bits per heavy atom. The van der Waals surface area contributed by atoms with Gasteiger partial charge in [0.05, 0.1) is 11.1 Å². The third kappa shape index (κ3) is 7.00. The predicted octanol–water partition coefficient (Wildman–Crippen LogP) is 3.12. The van der Waals surface area contributed by atoms with E-state index in [1.54, 1.807) is 36.4 Å². The lowest BCUT2D eigenvalue weighted by molar-refractivity contribution is -0.157. The van der Waals surface area contributed by atoms with Gasteiger partial charge in [0.1, 0.15) is 0 Å². The van der Waals surface area contributed by atoms with Crippen LogP contribution in [0, 0.1) is 0 Å². The summed E-state index contributed by atoms with van der Waals surface area (Å²) in [6, 6.07) is 21.1. The van der Waals surface area contributed by atoms with Crippen LogP contribution >= 0.6 is 0 Å². The van der Waals surface area contributed by atoms with Crippen molar-refractivity contribution >= 4 is 41.1 Å². The van der Waals surface area contributed by atoms with Crippen molar-refractivity contribution in [2.24, 2.45) is 0 Å². The van der Waals surface area contributed by atoms with E-state index in [1.807, 2.05) is 0 Å². The van der Waals surface area contributed by atoms with Crippen molar-refractivity contribution in [1.82, 2.24) is 0 Å². The highest BCUT2D eigenvalue weighted by Crippen LogP contribution is 2.18. The van der Waals surface area contributed by atoms with Crippen molar-refractivity contribution in [3.05, 3.63) is 96.1 Å². The average molecular weight is 490 g/mol. The van der Waals surface area contributed by atoms with E-state index in [9.17, 15) is 29.1 Å². The summed E-state index contributed by atoms with van der Waals surface area (Å²) in [7, 11) is 0. The number of ether oxygens (including phenoxy) is 2. The van der Waals surface area contributed by atoms with Gasteiger partial charge >= 0.3 is 17.9 Å². The van der Waals surface area contributed by atoms with Crippen LogP contribution in [0.15, 0.2) is 84.9 Å². The largest absolute Gasteiger partial charge is 0.478 e. The molecule has 0 unspecified atom stereocenters. The third-order valence-electron chi connectivity index (χ3n) is 4.74. The van der Waals surface area contributed by atoms with Crippen molar-refractivity contribution in [2.75, 3.05) is 10.6 Å². The molecule has 0 radical (unpaired) electrons. The van der Waals surface area contributed by atoms with Crippen LogP contribution in [0.2, 0.25) is 0 Å².